The van der Waals surface area contributed by atoms with Gasteiger partial charge in [-0.25, -0.2) is 9.98 Å². The van der Waals surface area contributed by atoms with Gasteiger partial charge in [-0.1, -0.05) is 18.2 Å². The van der Waals surface area contributed by atoms with E-state index in [0.717, 1.165) is 33.7 Å². The molecule has 3 aromatic rings. The van der Waals surface area contributed by atoms with Gasteiger partial charge in [0.15, 0.2) is 0 Å². The van der Waals surface area contributed by atoms with Gasteiger partial charge in [-0.05, 0) is 24.3 Å². The van der Waals surface area contributed by atoms with Crippen LogP contribution in [0.4, 0.5) is 5.69 Å². The van der Waals surface area contributed by atoms with Crippen molar-refractivity contribution < 1.29 is 4.74 Å². The first-order chi connectivity index (χ1) is 10.3. The largest absolute Gasteiger partial charge is 0.475 e. The number of anilines is 1. The molecule has 0 saturated carbocycles. The Morgan fingerprint density at radius 1 is 1.10 bits per heavy atom. The summed E-state index contributed by atoms with van der Waals surface area (Å²) in [5.74, 6) is 1.48. The van der Waals surface area contributed by atoms with E-state index < -0.39 is 0 Å². The zero-order valence-electron chi connectivity index (χ0n) is 11.3. The summed E-state index contributed by atoms with van der Waals surface area (Å²) in [5.41, 5.74) is 10.3. The van der Waals surface area contributed by atoms with Gasteiger partial charge in [0.05, 0.1) is 17.6 Å². The smallest absolute Gasteiger partial charge is 0.217 e. The maximum absolute atomic E-state index is 5.81. The van der Waals surface area contributed by atoms with Crippen LogP contribution in [0.15, 0.2) is 47.5 Å². The van der Waals surface area contributed by atoms with Crippen molar-refractivity contribution in [3.05, 3.63) is 48.0 Å². The molecule has 21 heavy (non-hydrogen) atoms. The molecule has 3 N–H and O–H groups in total. The molecule has 5 heteroatoms. The van der Waals surface area contributed by atoms with Crippen LogP contribution in [0.1, 0.15) is 5.56 Å². The number of hydrogen-bond acceptors (Lipinski definition) is 4. The summed E-state index contributed by atoms with van der Waals surface area (Å²) in [7, 11) is 0. The Morgan fingerprint density at radius 3 is 2.76 bits per heavy atom. The summed E-state index contributed by atoms with van der Waals surface area (Å²) in [6.07, 6.45) is 0. The maximum atomic E-state index is 5.81. The molecule has 1 aliphatic heterocycles. The van der Waals surface area contributed by atoms with E-state index in [1.807, 2.05) is 42.5 Å². The second kappa shape index (κ2) is 4.63. The molecule has 0 radical (unpaired) electrons. The average Bonchev–Trinajstić information content (AvgIpc) is 3.16. The van der Waals surface area contributed by atoms with Crippen molar-refractivity contribution in [2.75, 3.05) is 18.9 Å². The van der Waals surface area contributed by atoms with Crippen molar-refractivity contribution in [2.45, 2.75) is 0 Å². The van der Waals surface area contributed by atoms with Crippen molar-refractivity contribution >= 4 is 22.6 Å². The fourth-order valence-corrected chi connectivity index (χ4v) is 2.53. The molecule has 0 fully saturated rings. The van der Waals surface area contributed by atoms with E-state index in [4.69, 9.17) is 10.5 Å². The first kappa shape index (κ1) is 12.0. The molecule has 0 bridgehead atoms. The highest BCUT2D eigenvalue weighted by atomic mass is 16.5. The van der Waals surface area contributed by atoms with Crippen molar-refractivity contribution in [2.24, 2.45) is 4.99 Å². The average molecular weight is 278 g/mol. The fourth-order valence-electron chi connectivity index (χ4n) is 2.53. The minimum absolute atomic E-state index is 0.639. The zero-order chi connectivity index (χ0) is 14.2. The highest BCUT2D eigenvalue weighted by Gasteiger charge is 2.17. The van der Waals surface area contributed by atoms with Crippen LogP contribution in [0, 0.1) is 0 Å². The van der Waals surface area contributed by atoms with E-state index >= 15 is 0 Å². The van der Waals surface area contributed by atoms with E-state index in [9.17, 15) is 0 Å². The standard InChI is InChI=1S/C16H14N4O/c17-10-5-6-13-14(9-10)20-15(19-13)11-3-1-2-4-12(11)16-18-7-8-21-16/h1-6,9H,7-8,17H2,(H,19,20). The Hall–Kier alpha value is -2.82. The Morgan fingerprint density at radius 2 is 1.95 bits per heavy atom. The number of ether oxygens (including phenoxy) is 1. The van der Waals surface area contributed by atoms with Crippen molar-refractivity contribution in [1.82, 2.24) is 9.97 Å². The Bertz CT molecular complexity index is 850. The predicted molar refractivity (Wildman–Crippen MR) is 83.3 cm³/mol. The Kier molecular flexibility index (Phi) is 2.64. The topological polar surface area (TPSA) is 76.3 Å². The van der Waals surface area contributed by atoms with Crippen molar-refractivity contribution in [3.63, 3.8) is 0 Å². The molecule has 5 nitrogen and oxygen atoms in total. The molecule has 0 spiro atoms. The van der Waals surface area contributed by atoms with E-state index in [0.29, 0.717) is 19.0 Å². The summed E-state index contributed by atoms with van der Waals surface area (Å²) < 4.78 is 5.58. The third kappa shape index (κ3) is 2.03. The van der Waals surface area contributed by atoms with Gasteiger partial charge in [0.25, 0.3) is 0 Å². The minimum atomic E-state index is 0.639. The SMILES string of the molecule is Nc1ccc2nc(-c3ccccc3C3=NCCO3)[nH]c2c1. The van der Waals surface area contributed by atoms with Gasteiger partial charge in [-0.15, -0.1) is 0 Å². The molecule has 0 aliphatic carbocycles. The molecule has 104 valence electrons. The summed E-state index contributed by atoms with van der Waals surface area (Å²) in [4.78, 5) is 12.3. The fraction of sp³-hybridized carbons (Fsp3) is 0.125. The van der Waals surface area contributed by atoms with E-state index in [1.165, 1.54) is 0 Å². The first-order valence-corrected chi connectivity index (χ1v) is 6.83. The highest BCUT2D eigenvalue weighted by molar-refractivity contribution is 6.01. The second-order valence-electron chi connectivity index (χ2n) is 4.94. The number of fused-ring (bicyclic) bond motifs is 1. The third-order valence-electron chi connectivity index (χ3n) is 3.50. The van der Waals surface area contributed by atoms with Gasteiger partial charge in [0, 0.05) is 16.8 Å². The number of imidazole rings is 1. The number of aliphatic imine (C=N–C) groups is 1. The van der Waals surface area contributed by atoms with Crippen LogP contribution in [-0.2, 0) is 4.74 Å². The molecule has 0 atom stereocenters. The number of nitrogens with zero attached hydrogens (tertiary/aromatic N) is 2. The summed E-state index contributed by atoms with van der Waals surface area (Å²) >= 11 is 0. The molecule has 0 saturated heterocycles. The lowest BCUT2D eigenvalue weighted by Gasteiger charge is -2.06. The molecule has 1 aliphatic rings. The molecule has 2 heterocycles. The van der Waals surface area contributed by atoms with Crippen LogP contribution in [-0.4, -0.2) is 29.0 Å². The molecule has 0 amide bonds. The minimum Gasteiger partial charge on any atom is -0.475 e. The van der Waals surface area contributed by atoms with Gasteiger partial charge >= 0.3 is 0 Å². The lowest BCUT2D eigenvalue weighted by Crippen LogP contribution is -2.03. The number of benzene rings is 2. The molecular weight excluding hydrogens is 264 g/mol. The monoisotopic (exact) mass is 278 g/mol. The summed E-state index contributed by atoms with van der Waals surface area (Å²) in [6, 6.07) is 13.6. The van der Waals surface area contributed by atoms with Crippen LogP contribution in [0.3, 0.4) is 0 Å². The number of H-pyrrole nitrogens is 1. The van der Waals surface area contributed by atoms with E-state index in [2.05, 4.69) is 15.0 Å². The van der Waals surface area contributed by atoms with Crippen LogP contribution < -0.4 is 5.73 Å². The molecule has 0 unspecified atom stereocenters. The summed E-state index contributed by atoms with van der Waals surface area (Å²) in [5, 5.41) is 0. The Balaban J connectivity index is 1.88. The lowest BCUT2D eigenvalue weighted by molar-refractivity contribution is 0.348. The van der Waals surface area contributed by atoms with Gasteiger partial charge < -0.3 is 15.5 Å². The third-order valence-corrected chi connectivity index (χ3v) is 3.50. The number of aromatic nitrogens is 2. The number of rotatable bonds is 2. The van der Waals surface area contributed by atoms with Gasteiger partial charge in [-0.2, -0.15) is 0 Å². The second-order valence-corrected chi connectivity index (χ2v) is 4.94. The Labute approximate surface area is 121 Å². The summed E-state index contributed by atoms with van der Waals surface area (Å²) in [6.45, 7) is 1.35. The predicted octanol–water partition coefficient (Wildman–Crippen LogP) is 2.59. The van der Waals surface area contributed by atoms with Crippen molar-refractivity contribution in [1.29, 1.82) is 0 Å². The number of nitrogens with one attached hydrogen (secondary N) is 1. The van der Waals surface area contributed by atoms with Gasteiger partial charge in [0.1, 0.15) is 12.4 Å². The molecule has 1 aromatic heterocycles. The molecular formula is C16H14N4O. The van der Waals surface area contributed by atoms with Gasteiger partial charge in [0.2, 0.25) is 5.90 Å². The van der Waals surface area contributed by atoms with E-state index in [-0.39, 0.29) is 0 Å². The molecule has 4 rings (SSSR count). The lowest BCUT2D eigenvalue weighted by atomic mass is 10.1. The highest BCUT2D eigenvalue weighted by Crippen LogP contribution is 2.26. The van der Waals surface area contributed by atoms with Crippen molar-refractivity contribution in [3.8, 4) is 11.4 Å². The quantitative estimate of drug-likeness (QED) is 0.707. The van der Waals surface area contributed by atoms with Crippen LogP contribution in [0.2, 0.25) is 0 Å². The maximum Gasteiger partial charge on any atom is 0.217 e. The first-order valence-electron chi connectivity index (χ1n) is 6.83. The molecule has 2 aromatic carbocycles. The van der Waals surface area contributed by atoms with Crippen LogP contribution >= 0.6 is 0 Å². The van der Waals surface area contributed by atoms with Crippen LogP contribution in [0.5, 0.6) is 0 Å². The number of hydrogen-bond donors (Lipinski definition) is 2. The van der Waals surface area contributed by atoms with Gasteiger partial charge in [-0.3, -0.25) is 0 Å². The number of aromatic amines is 1. The van der Waals surface area contributed by atoms with Crippen LogP contribution in [0.25, 0.3) is 22.4 Å². The van der Waals surface area contributed by atoms with E-state index in [1.54, 1.807) is 0 Å². The zero-order valence-corrected chi connectivity index (χ0v) is 11.3. The normalized spacial score (nSPS) is 14.2. The number of nitrogens with two attached hydrogens (primary N) is 1. The number of nitrogen functional groups attached to an aromatic ring is 1.